The summed E-state index contributed by atoms with van der Waals surface area (Å²) in [6.07, 6.45) is 4.47. The smallest absolute Gasteiger partial charge is 0.170 e. The highest BCUT2D eigenvalue weighted by Gasteiger charge is 2.06. The lowest BCUT2D eigenvalue weighted by Crippen LogP contribution is -2.30. The second kappa shape index (κ2) is 10.1. The third-order valence-corrected chi connectivity index (χ3v) is 4.79. The van der Waals surface area contributed by atoms with Crippen LogP contribution in [0.1, 0.15) is 11.1 Å². The van der Waals surface area contributed by atoms with E-state index in [0.717, 1.165) is 39.8 Å². The van der Waals surface area contributed by atoms with Crippen molar-refractivity contribution in [2.24, 2.45) is 0 Å². The molecule has 8 heteroatoms. The molecule has 3 rings (SSSR count). The number of aromatic nitrogens is 2. The maximum Gasteiger partial charge on any atom is 0.170 e. The average Bonchev–Trinajstić information content (AvgIpc) is 3.16. The van der Waals surface area contributed by atoms with E-state index in [1.54, 1.807) is 20.4 Å². The van der Waals surface area contributed by atoms with Gasteiger partial charge in [0.1, 0.15) is 0 Å². The molecule has 0 aliphatic carbocycles. The van der Waals surface area contributed by atoms with Gasteiger partial charge in [0, 0.05) is 17.8 Å². The van der Waals surface area contributed by atoms with Crippen LogP contribution in [-0.2, 0) is 13.0 Å². The van der Waals surface area contributed by atoms with Crippen molar-refractivity contribution in [1.82, 2.24) is 15.1 Å². The summed E-state index contributed by atoms with van der Waals surface area (Å²) in [5, 5.41) is 12.0. The molecule has 0 saturated heterocycles. The molecule has 0 aliphatic rings. The highest BCUT2D eigenvalue weighted by molar-refractivity contribution is 7.80. The molecule has 3 aromatic rings. The van der Waals surface area contributed by atoms with Crippen LogP contribution >= 0.6 is 23.8 Å². The van der Waals surface area contributed by atoms with E-state index in [0.29, 0.717) is 18.2 Å². The Labute approximate surface area is 180 Å². The summed E-state index contributed by atoms with van der Waals surface area (Å²) in [6.45, 7) is 1.36. The number of nitrogens with zero attached hydrogens (tertiary/aromatic N) is 2. The maximum atomic E-state index is 5.92. The maximum absolute atomic E-state index is 5.92. The van der Waals surface area contributed by atoms with Gasteiger partial charge in [-0.3, -0.25) is 4.68 Å². The second-order valence-corrected chi connectivity index (χ2v) is 7.22. The first-order valence-electron chi connectivity index (χ1n) is 9.10. The lowest BCUT2D eigenvalue weighted by molar-refractivity contribution is 0.354. The molecule has 1 heterocycles. The first kappa shape index (κ1) is 21.0. The molecular weight excluding hydrogens is 408 g/mol. The largest absolute Gasteiger partial charge is 0.493 e. The minimum Gasteiger partial charge on any atom is -0.493 e. The zero-order valence-electron chi connectivity index (χ0n) is 16.3. The fourth-order valence-corrected chi connectivity index (χ4v) is 3.17. The van der Waals surface area contributed by atoms with Crippen LogP contribution in [0.4, 0.5) is 5.69 Å². The van der Waals surface area contributed by atoms with Gasteiger partial charge >= 0.3 is 0 Å². The Bertz CT molecular complexity index is 960. The Morgan fingerprint density at radius 3 is 2.52 bits per heavy atom. The summed E-state index contributed by atoms with van der Waals surface area (Å²) in [4.78, 5) is 0. The predicted octanol–water partition coefficient (Wildman–Crippen LogP) is 4.13. The molecule has 152 valence electrons. The zero-order valence-corrected chi connectivity index (χ0v) is 17.9. The molecule has 0 aliphatic heterocycles. The van der Waals surface area contributed by atoms with E-state index in [9.17, 15) is 0 Å². The highest BCUT2D eigenvalue weighted by Crippen LogP contribution is 2.27. The van der Waals surface area contributed by atoms with E-state index < -0.39 is 0 Å². The summed E-state index contributed by atoms with van der Waals surface area (Å²) in [6, 6.07) is 13.6. The number of rotatable bonds is 8. The fourth-order valence-electron chi connectivity index (χ4n) is 2.82. The Morgan fingerprint density at radius 1 is 1.07 bits per heavy atom. The van der Waals surface area contributed by atoms with Crippen LogP contribution in [0.3, 0.4) is 0 Å². The van der Waals surface area contributed by atoms with Crippen molar-refractivity contribution < 1.29 is 9.47 Å². The van der Waals surface area contributed by atoms with Gasteiger partial charge in [0.2, 0.25) is 0 Å². The topological polar surface area (TPSA) is 60.3 Å². The number of benzene rings is 2. The van der Waals surface area contributed by atoms with E-state index in [1.807, 2.05) is 53.3 Å². The minimum absolute atomic E-state index is 0.552. The van der Waals surface area contributed by atoms with Crippen molar-refractivity contribution >= 4 is 34.6 Å². The van der Waals surface area contributed by atoms with Gasteiger partial charge in [0.05, 0.1) is 32.6 Å². The Morgan fingerprint density at radius 2 is 1.79 bits per heavy atom. The molecule has 0 radical (unpaired) electrons. The van der Waals surface area contributed by atoms with E-state index in [4.69, 9.17) is 33.3 Å². The number of nitrogens with one attached hydrogen (secondary N) is 2. The van der Waals surface area contributed by atoms with Crippen molar-refractivity contribution in [3.05, 3.63) is 71.0 Å². The van der Waals surface area contributed by atoms with Crippen LogP contribution in [0.25, 0.3) is 0 Å². The third kappa shape index (κ3) is 6.10. The van der Waals surface area contributed by atoms with Gasteiger partial charge < -0.3 is 20.1 Å². The van der Waals surface area contributed by atoms with Gasteiger partial charge in [-0.25, -0.2) is 0 Å². The zero-order chi connectivity index (χ0) is 20.6. The minimum atomic E-state index is 0.552. The molecule has 0 unspecified atom stereocenters. The molecule has 1 aromatic heterocycles. The molecular formula is C21H23ClN4O2S. The van der Waals surface area contributed by atoms with E-state index in [-0.39, 0.29) is 0 Å². The normalized spacial score (nSPS) is 10.4. The Kier molecular flexibility index (Phi) is 7.32. The molecule has 0 spiro atoms. The SMILES string of the molecule is COc1ccc(CCNC(=S)Nc2cnn(Cc3ccc(Cl)cc3)c2)cc1OC. The summed E-state index contributed by atoms with van der Waals surface area (Å²) in [5.41, 5.74) is 3.09. The summed E-state index contributed by atoms with van der Waals surface area (Å²) >= 11 is 11.3. The van der Waals surface area contributed by atoms with Gasteiger partial charge in [0.25, 0.3) is 0 Å². The number of methoxy groups -OCH3 is 2. The van der Waals surface area contributed by atoms with Crippen LogP contribution in [-0.4, -0.2) is 35.7 Å². The Hall–Kier alpha value is -2.77. The van der Waals surface area contributed by atoms with Crippen LogP contribution < -0.4 is 20.1 Å². The number of halogens is 1. The predicted molar refractivity (Wildman–Crippen MR) is 120 cm³/mol. The van der Waals surface area contributed by atoms with Gasteiger partial charge in [-0.1, -0.05) is 29.8 Å². The molecule has 0 fully saturated rings. The third-order valence-electron chi connectivity index (χ3n) is 4.30. The summed E-state index contributed by atoms with van der Waals surface area (Å²) in [5.74, 6) is 1.44. The van der Waals surface area contributed by atoms with Gasteiger partial charge in [0.15, 0.2) is 16.6 Å². The van der Waals surface area contributed by atoms with Gasteiger partial charge in [-0.2, -0.15) is 5.10 Å². The van der Waals surface area contributed by atoms with Crippen molar-refractivity contribution in [2.45, 2.75) is 13.0 Å². The molecule has 2 N–H and O–H groups in total. The second-order valence-electron chi connectivity index (χ2n) is 6.37. The van der Waals surface area contributed by atoms with Crippen molar-refractivity contribution in [1.29, 1.82) is 0 Å². The first-order valence-corrected chi connectivity index (χ1v) is 9.88. The molecule has 0 amide bonds. The molecule has 0 saturated carbocycles. The first-order chi connectivity index (χ1) is 14.1. The van der Waals surface area contributed by atoms with Crippen LogP contribution in [0.5, 0.6) is 11.5 Å². The number of anilines is 1. The summed E-state index contributed by atoms with van der Waals surface area (Å²) < 4.78 is 12.4. The van der Waals surface area contributed by atoms with Crippen LogP contribution in [0.2, 0.25) is 5.02 Å². The quantitative estimate of drug-likeness (QED) is 0.524. The number of ether oxygens (including phenoxy) is 2. The number of thiocarbonyl (C=S) groups is 1. The van der Waals surface area contributed by atoms with Crippen molar-refractivity contribution in [2.75, 3.05) is 26.1 Å². The Balaban J connectivity index is 1.46. The highest BCUT2D eigenvalue weighted by atomic mass is 35.5. The average molecular weight is 431 g/mol. The van der Waals surface area contributed by atoms with E-state index in [1.165, 1.54) is 0 Å². The lowest BCUT2D eigenvalue weighted by Gasteiger charge is -2.11. The van der Waals surface area contributed by atoms with Crippen LogP contribution in [0, 0.1) is 0 Å². The van der Waals surface area contributed by atoms with Crippen LogP contribution in [0.15, 0.2) is 54.9 Å². The van der Waals surface area contributed by atoms with E-state index in [2.05, 4.69) is 15.7 Å². The summed E-state index contributed by atoms with van der Waals surface area (Å²) in [7, 11) is 3.26. The van der Waals surface area contributed by atoms with Crippen molar-refractivity contribution in [3.63, 3.8) is 0 Å². The molecule has 0 bridgehead atoms. The molecule has 2 aromatic carbocycles. The van der Waals surface area contributed by atoms with Gasteiger partial charge in [-0.15, -0.1) is 0 Å². The molecule has 29 heavy (non-hydrogen) atoms. The fraction of sp³-hybridized carbons (Fsp3) is 0.238. The van der Waals surface area contributed by atoms with E-state index >= 15 is 0 Å². The van der Waals surface area contributed by atoms with Gasteiger partial charge in [-0.05, 0) is 54.0 Å². The standard InChI is InChI=1S/C21H23ClN4O2S/c1-27-19-8-5-15(11-20(19)28-2)9-10-23-21(29)25-18-12-24-26(14-18)13-16-3-6-17(22)7-4-16/h3-8,11-12,14H,9-10,13H2,1-2H3,(H2,23,25,29). The number of hydrogen-bond acceptors (Lipinski definition) is 4. The lowest BCUT2D eigenvalue weighted by atomic mass is 10.1. The molecule has 6 nitrogen and oxygen atoms in total. The molecule has 0 atom stereocenters. The monoisotopic (exact) mass is 430 g/mol. The number of hydrogen-bond donors (Lipinski definition) is 2. The van der Waals surface area contributed by atoms with Crippen molar-refractivity contribution in [3.8, 4) is 11.5 Å².